The highest BCUT2D eigenvalue weighted by Crippen LogP contribution is 2.10. The van der Waals surface area contributed by atoms with Gasteiger partial charge in [0.1, 0.15) is 0 Å². The number of carbonyl (C=O) groups is 1. The first kappa shape index (κ1) is 12.2. The zero-order valence-corrected chi connectivity index (χ0v) is 9.07. The molecule has 0 aliphatic heterocycles. The molecular formula is C11H12FNO3. The molecule has 0 heterocycles. The largest absolute Gasteiger partial charge is 0.464 e. The molecular weight excluding hydrogens is 213 g/mol. The number of oxime groups is 1. The van der Waals surface area contributed by atoms with E-state index in [-0.39, 0.29) is 5.71 Å². The SMILES string of the molecule is COC(=O)/C(=N/OCF)c1ccccc1C. The molecule has 0 aliphatic carbocycles. The fraction of sp³-hybridized carbons (Fsp3) is 0.273. The number of esters is 1. The molecule has 0 atom stereocenters. The van der Waals surface area contributed by atoms with Crippen LogP contribution in [0.25, 0.3) is 0 Å². The average Bonchev–Trinajstić information content (AvgIpc) is 2.31. The van der Waals surface area contributed by atoms with Gasteiger partial charge in [0, 0.05) is 5.56 Å². The van der Waals surface area contributed by atoms with Gasteiger partial charge in [-0.15, -0.1) is 0 Å². The molecule has 0 unspecified atom stereocenters. The van der Waals surface area contributed by atoms with Gasteiger partial charge in [0.05, 0.1) is 7.11 Å². The summed E-state index contributed by atoms with van der Waals surface area (Å²) in [5.74, 6) is -0.664. The van der Waals surface area contributed by atoms with Gasteiger partial charge in [-0.2, -0.15) is 0 Å². The van der Waals surface area contributed by atoms with Crippen LogP contribution < -0.4 is 0 Å². The third kappa shape index (κ3) is 2.79. The van der Waals surface area contributed by atoms with Crippen molar-refractivity contribution in [3.63, 3.8) is 0 Å². The fourth-order valence-corrected chi connectivity index (χ4v) is 1.22. The second kappa shape index (κ2) is 5.85. The number of hydrogen-bond acceptors (Lipinski definition) is 4. The molecule has 5 heteroatoms. The number of methoxy groups -OCH3 is 1. The normalized spacial score (nSPS) is 11.1. The van der Waals surface area contributed by atoms with E-state index in [1.807, 2.05) is 19.1 Å². The van der Waals surface area contributed by atoms with Crippen molar-refractivity contribution in [2.75, 3.05) is 14.0 Å². The Morgan fingerprint density at radius 3 is 2.69 bits per heavy atom. The quantitative estimate of drug-likeness (QED) is 0.446. The van der Waals surface area contributed by atoms with E-state index in [1.54, 1.807) is 12.1 Å². The Balaban J connectivity index is 3.11. The van der Waals surface area contributed by atoms with Gasteiger partial charge >= 0.3 is 5.97 Å². The molecule has 0 spiro atoms. The Hall–Kier alpha value is -1.91. The molecule has 16 heavy (non-hydrogen) atoms. The lowest BCUT2D eigenvalue weighted by Gasteiger charge is -2.06. The van der Waals surface area contributed by atoms with Gasteiger partial charge in [-0.3, -0.25) is 0 Å². The minimum absolute atomic E-state index is 0.0433. The number of alkyl halides is 1. The highest BCUT2D eigenvalue weighted by Gasteiger charge is 2.17. The van der Waals surface area contributed by atoms with Gasteiger partial charge in [-0.25, -0.2) is 9.18 Å². The van der Waals surface area contributed by atoms with Crippen molar-refractivity contribution in [1.29, 1.82) is 0 Å². The van der Waals surface area contributed by atoms with Gasteiger partial charge < -0.3 is 9.57 Å². The Bertz CT molecular complexity index is 404. The summed E-state index contributed by atoms with van der Waals surface area (Å²) in [5, 5.41) is 3.41. The summed E-state index contributed by atoms with van der Waals surface area (Å²) in [6.45, 7) is 0.718. The van der Waals surface area contributed by atoms with Gasteiger partial charge in [0.15, 0.2) is 5.71 Å². The fourth-order valence-electron chi connectivity index (χ4n) is 1.22. The molecule has 0 aliphatic rings. The third-order valence-electron chi connectivity index (χ3n) is 1.98. The zero-order valence-electron chi connectivity index (χ0n) is 9.07. The van der Waals surface area contributed by atoms with Crippen molar-refractivity contribution in [2.45, 2.75) is 6.92 Å². The molecule has 4 nitrogen and oxygen atoms in total. The van der Waals surface area contributed by atoms with Crippen molar-refractivity contribution >= 4 is 11.7 Å². The topological polar surface area (TPSA) is 47.9 Å². The summed E-state index contributed by atoms with van der Waals surface area (Å²) >= 11 is 0. The van der Waals surface area contributed by atoms with Gasteiger partial charge in [-0.05, 0) is 12.5 Å². The van der Waals surface area contributed by atoms with Crippen LogP contribution in [0.3, 0.4) is 0 Å². The highest BCUT2D eigenvalue weighted by atomic mass is 19.1. The second-order valence-corrected chi connectivity index (χ2v) is 2.98. The maximum Gasteiger partial charge on any atom is 0.360 e. The monoisotopic (exact) mass is 225 g/mol. The lowest BCUT2D eigenvalue weighted by atomic mass is 10.0. The molecule has 0 bridgehead atoms. The highest BCUT2D eigenvalue weighted by molar-refractivity contribution is 6.43. The number of benzene rings is 1. The van der Waals surface area contributed by atoms with Crippen LogP contribution in [-0.2, 0) is 14.4 Å². The average molecular weight is 225 g/mol. The molecule has 0 N–H and O–H groups in total. The molecule has 0 amide bonds. The predicted octanol–water partition coefficient (Wildman–Crippen LogP) is 1.82. The Kier molecular flexibility index (Phi) is 4.44. The van der Waals surface area contributed by atoms with E-state index in [0.29, 0.717) is 5.56 Å². The summed E-state index contributed by atoms with van der Waals surface area (Å²) in [6, 6.07) is 7.07. The van der Waals surface area contributed by atoms with E-state index < -0.39 is 12.8 Å². The minimum Gasteiger partial charge on any atom is -0.464 e. The maximum absolute atomic E-state index is 11.9. The van der Waals surface area contributed by atoms with E-state index in [1.165, 1.54) is 7.11 Å². The predicted molar refractivity (Wildman–Crippen MR) is 56.8 cm³/mol. The van der Waals surface area contributed by atoms with Crippen LogP contribution >= 0.6 is 0 Å². The van der Waals surface area contributed by atoms with Crippen LogP contribution in [-0.4, -0.2) is 25.7 Å². The number of aryl methyl sites for hydroxylation is 1. The van der Waals surface area contributed by atoms with Crippen molar-refractivity contribution in [2.24, 2.45) is 5.16 Å². The van der Waals surface area contributed by atoms with Crippen LogP contribution in [0.2, 0.25) is 0 Å². The second-order valence-electron chi connectivity index (χ2n) is 2.98. The van der Waals surface area contributed by atoms with Crippen LogP contribution in [0.15, 0.2) is 29.4 Å². The van der Waals surface area contributed by atoms with Gasteiger partial charge in [0.2, 0.25) is 0 Å². The molecule has 0 saturated heterocycles. The summed E-state index contributed by atoms with van der Waals surface area (Å²) in [4.78, 5) is 15.7. The van der Waals surface area contributed by atoms with Crippen LogP contribution in [0, 0.1) is 6.92 Å². The van der Waals surface area contributed by atoms with E-state index >= 15 is 0 Å². The summed E-state index contributed by atoms with van der Waals surface area (Å²) < 4.78 is 16.4. The molecule has 1 aromatic carbocycles. The maximum atomic E-state index is 11.9. The first-order valence-corrected chi connectivity index (χ1v) is 4.61. The molecule has 0 fully saturated rings. The van der Waals surface area contributed by atoms with Crippen molar-refractivity contribution in [3.8, 4) is 0 Å². The molecule has 1 rings (SSSR count). The minimum atomic E-state index is -1.09. The van der Waals surface area contributed by atoms with Gasteiger partial charge in [-0.1, -0.05) is 29.4 Å². The lowest BCUT2D eigenvalue weighted by Crippen LogP contribution is -2.18. The van der Waals surface area contributed by atoms with Crippen molar-refractivity contribution < 1.29 is 18.8 Å². The van der Waals surface area contributed by atoms with Crippen LogP contribution in [0.5, 0.6) is 0 Å². The smallest absolute Gasteiger partial charge is 0.360 e. The first-order valence-electron chi connectivity index (χ1n) is 4.61. The molecule has 1 aromatic rings. The number of nitrogens with zero attached hydrogens (tertiary/aromatic N) is 1. The standard InChI is InChI=1S/C11H12FNO3/c1-8-5-3-4-6-9(8)10(11(14)15-2)13-16-7-12/h3-6H,7H2,1-2H3/b13-10+. The van der Waals surface area contributed by atoms with E-state index in [4.69, 9.17) is 0 Å². The lowest BCUT2D eigenvalue weighted by molar-refractivity contribution is -0.132. The van der Waals surface area contributed by atoms with Gasteiger partial charge in [0.25, 0.3) is 6.86 Å². The Morgan fingerprint density at radius 1 is 1.44 bits per heavy atom. The van der Waals surface area contributed by atoms with E-state index in [0.717, 1.165) is 5.56 Å². The Labute approximate surface area is 92.7 Å². The van der Waals surface area contributed by atoms with Crippen LogP contribution in [0.4, 0.5) is 4.39 Å². The summed E-state index contributed by atoms with van der Waals surface area (Å²) in [5.41, 5.74) is 1.34. The number of halogens is 1. The Morgan fingerprint density at radius 2 is 2.12 bits per heavy atom. The number of ether oxygens (including phenoxy) is 1. The summed E-state index contributed by atoms with van der Waals surface area (Å²) in [6.07, 6.45) is 0. The molecule has 0 saturated carbocycles. The summed E-state index contributed by atoms with van der Waals surface area (Å²) in [7, 11) is 1.23. The van der Waals surface area contributed by atoms with Crippen LogP contribution in [0.1, 0.15) is 11.1 Å². The van der Waals surface area contributed by atoms with E-state index in [9.17, 15) is 9.18 Å². The number of hydrogen-bond donors (Lipinski definition) is 0. The number of rotatable bonds is 4. The van der Waals surface area contributed by atoms with E-state index in [2.05, 4.69) is 14.7 Å². The molecule has 0 aromatic heterocycles. The number of carbonyl (C=O) groups excluding carboxylic acids is 1. The first-order chi connectivity index (χ1) is 7.70. The van der Waals surface area contributed by atoms with Crippen molar-refractivity contribution in [3.05, 3.63) is 35.4 Å². The third-order valence-corrected chi connectivity index (χ3v) is 1.98. The van der Waals surface area contributed by atoms with Crippen molar-refractivity contribution in [1.82, 2.24) is 0 Å². The molecule has 0 radical (unpaired) electrons. The molecule has 86 valence electrons. The zero-order chi connectivity index (χ0) is 12.0.